The van der Waals surface area contributed by atoms with Gasteiger partial charge in [-0.15, -0.1) is 0 Å². The van der Waals surface area contributed by atoms with Crippen LogP contribution in [0.15, 0.2) is 23.3 Å². The van der Waals surface area contributed by atoms with Crippen molar-refractivity contribution in [2.45, 2.75) is 20.8 Å². The predicted molar refractivity (Wildman–Crippen MR) is 83.6 cm³/mol. The number of hydrazine groups is 1. The summed E-state index contributed by atoms with van der Waals surface area (Å²) in [7, 11) is 0. The molecule has 0 aliphatic carbocycles. The number of nitrogens with one attached hydrogen (secondary N) is 3. The second-order valence-corrected chi connectivity index (χ2v) is 5.09. The van der Waals surface area contributed by atoms with Gasteiger partial charge in [0.25, 0.3) is 0 Å². The second kappa shape index (κ2) is 5.87. The molecule has 2 rings (SSSR count). The Labute approximate surface area is 123 Å². The van der Waals surface area contributed by atoms with E-state index in [1.54, 1.807) is 0 Å². The molecule has 1 aliphatic rings. The lowest BCUT2D eigenvalue weighted by molar-refractivity contribution is 0.192. The van der Waals surface area contributed by atoms with Crippen molar-refractivity contribution in [3.63, 3.8) is 0 Å². The molecule has 0 aromatic heterocycles. The maximum Gasteiger partial charge on any atom is 0.356 e. The molecule has 1 aliphatic heterocycles. The van der Waals surface area contributed by atoms with E-state index in [9.17, 15) is 4.79 Å². The van der Waals surface area contributed by atoms with Crippen molar-refractivity contribution in [3.05, 3.63) is 29.3 Å². The van der Waals surface area contributed by atoms with E-state index in [-0.39, 0.29) is 6.03 Å². The molecular formula is C13H17N5OS. The molecule has 1 heterocycles. The van der Waals surface area contributed by atoms with Crippen LogP contribution >= 0.6 is 12.2 Å². The fourth-order valence-electron chi connectivity index (χ4n) is 1.91. The van der Waals surface area contributed by atoms with Gasteiger partial charge in [0.15, 0.2) is 5.11 Å². The maximum atomic E-state index is 11.6. The van der Waals surface area contributed by atoms with Gasteiger partial charge in [0.2, 0.25) is 0 Å². The minimum atomic E-state index is -0.332. The van der Waals surface area contributed by atoms with Crippen molar-refractivity contribution >= 4 is 34.8 Å². The van der Waals surface area contributed by atoms with Crippen molar-refractivity contribution < 1.29 is 4.79 Å². The number of anilines is 1. The van der Waals surface area contributed by atoms with Crippen molar-refractivity contribution in [3.8, 4) is 0 Å². The molecule has 3 N–H and O–H groups in total. The van der Waals surface area contributed by atoms with E-state index in [0.717, 1.165) is 22.5 Å². The van der Waals surface area contributed by atoms with Crippen LogP contribution in [0, 0.1) is 13.8 Å². The van der Waals surface area contributed by atoms with Gasteiger partial charge in [0.05, 0.1) is 12.3 Å². The van der Waals surface area contributed by atoms with Gasteiger partial charge in [-0.1, -0.05) is 18.2 Å². The second-order valence-electron chi connectivity index (χ2n) is 4.68. The Morgan fingerprint density at radius 1 is 1.35 bits per heavy atom. The number of nitrogens with zero attached hydrogens (tertiary/aromatic N) is 2. The van der Waals surface area contributed by atoms with E-state index in [1.807, 2.05) is 39.0 Å². The minimum Gasteiger partial charge on any atom is -0.331 e. The first kappa shape index (κ1) is 14.3. The number of rotatable bonds is 2. The quantitative estimate of drug-likeness (QED) is 0.728. The predicted octanol–water partition coefficient (Wildman–Crippen LogP) is 1.91. The smallest absolute Gasteiger partial charge is 0.331 e. The van der Waals surface area contributed by atoms with Crippen LogP contribution in [0.1, 0.15) is 18.1 Å². The average molecular weight is 291 g/mol. The zero-order chi connectivity index (χ0) is 14.7. The number of benzene rings is 1. The third-order valence-electron chi connectivity index (χ3n) is 2.93. The molecule has 0 bridgehead atoms. The monoisotopic (exact) mass is 291 g/mol. The largest absolute Gasteiger partial charge is 0.356 e. The van der Waals surface area contributed by atoms with Crippen molar-refractivity contribution in [1.82, 2.24) is 15.9 Å². The first-order valence-corrected chi connectivity index (χ1v) is 6.62. The topological polar surface area (TPSA) is 68.8 Å². The minimum absolute atomic E-state index is 0.332. The lowest BCUT2D eigenvalue weighted by Gasteiger charge is -2.27. The molecular weight excluding hydrogens is 274 g/mol. The Balaban J connectivity index is 2.03. The van der Waals surface area contributed by atoms with Crippen molar-refractivity contribution in [2.75, 3.05) is 11.9 Å². The van der Waals surface area contributed by atoms with Crippen LogP contribution in [0.4, 0.5) is 10.5 Å². The van der Waals surface area contributed by atoms with Crippen LogP contribution in [0.3, 0.4) is 0 Å². The zero-order valence-corrected chi connectivity index (χ0v) is 12.5. The van der Waals surface area contributed by atoms with Gasteiger partial charge in [-0.3, -0.25) is 5.43 Å². The number of thiocarbonyl (C=S) groups is 1. The number of hydrazone groups is 1. The van der Waals surface area contributed by atoms with Crippen LogP contribution in [-0.4, -0.2) is 28.4 Å². The number of carbonyl (C=O) groups is 1. The summed E-state index contributed by atoms with van der Waals surface area (Å²) in [6.45, 7) is 6.22. The molecule has 1 aromatic carbocycles. The van der Waals surface area contributed by atoms with Crippen LogP contribution in [0.2, 0.25) is 0 Å². The van der Waals surface area contributed by atoms with E-state index < -0.39 is 0 Å². The number of hydrogen-bond acceptors (Lipinski definition) is 3. The van der Waals surface area contributed by atoms with E-state index in [0.29, 0.717) is 11.7 Å². The van der Waals surface area contributed by atoms with Crippen molar-refractivity contribution in [2.24, 2.45) is 5.10 Å². The molecule has 0 radical (unpaired) electrons. The first-order chi connectivity index (χ1) is 9.47. The van der Waals surface area contributed by atoms with Crippen LogP contribution < -0.4 is 16.2 Å². The van der Waals surface area contributed by atoms with Gasteiger partial charge >= 0.3 is 6.03 Å². The van der Waals surface area contributed by atoms with E-state index in [1.165, 1.54) is 5.01 Å². The van der Waals surface area contributed by atoms with Crippen LogP contribution in [0.25, 0.3) is 0 Å². The van der Waals surface area contributed by atoms with Gasteiger partial charge in [0.1, 0.15) is 0 Å². The Bertz CT molecular complexity index is 564. The fraction of sp³-hybridized carbons (Fsp3) is 0.308. The van der Waals surface area contributed by atoms with Gasteiger partial charge < -0.3 is 5.32 Å². The molecule has 2 amide bonds. The summed E-state index contributed by atoms with van der Waals surface area (Å²) >= 11 is 5.24. The molecule has 6 nitrogen and oxygen atoms in total. The molecule has 0 spiro atoms. The number of carbonyl (C=O) groups excluding carboxylic acids is 1. The summed E-state index contributed by atoms with van der Waals surface area (Å²) in [6.07, 6.45) is 0. The fourth-order valence-corrected chi connectivity index (χ4v) is 2.12. The van der Waals surface area contributed by atoms with Gasteiger partial charge in [0, 0.05) is 5.69 Å². The molecule has 0 saturated carbocycles. The number of aryl methyl sites for hydroxylation is 2. The van der Waals surface area contributed by atoms with E-state index in [4.69, 9.17) is 12.2 Å². The first-order valence-electron chi connectivity index (χ1n) is 6.22. The van der Waals surface area contributed by atoms with Gasteiger partial charge in [-0.25, -0.2) is 15.2 Å². The maximum absolute atomic E-state index is 11.6. The van der Waals surface area contributed by atoms with Gasteiger partial charge in [-0.05, 0) is 44.1 Å². The third kappa shape index (κ3) is 3.24. The summed E-state index contributed by atoms with van der Waals surface area (Å²) in [5.74, 6) is 0. The molecule has 0 saturated heterocycles. The highest BCUT2D eigenvalue weighted by molar-refractivity contribution is 7.80. The van der Waals surface area contributed by atoms with E-state index >= 15 is 0 Å². The Morgan fingerprint density at radius 2 is 2.00 bits per heavy atom. The van der Waals surface area contributed by atoms with Crippen LogP contribution in [-0.2, 0) is 0 Å². The SMILES string of the molecule is CC1=NNC(=O)N(NC(=S)Nc2c(C)cccc2C)C1. The average Bonchev–Trinajstić information content (AvgIpc) is 2.38. The Morgan fingerprint density at radius 3 is 2.65 bits per heavy atom. The lowest BCUT2D eigenvalue weighted by atomic mass is 10.1. The number of urea groups is 1. The molecule has 1 aromatic rings. The standard InChI is InChI=1S/C13H17N5OS/c1-8-5-4-6-9(2)11(8)14-12(20)17-18-7-10(3)15-16-13(18)19/h4-6H,7H2,1-3H3,(H,16,19)(H2,14,17,20). The summed E-state index contributed by atoms with van der Waals surface area (Å²) in [6, 6.07) is 5.66. The van der Waals surface area contributed by atoms with Gasteiger partial charge in [-0.2, -0.15) is 5.10 Å². The highest BCUT2D eigenvalue weighted by atomic mass is 32.1. The van der Waals surface area contributed by atoms with Crippen LogP contribution in [0.5, 0.6) is 0 Å². The zero-order valence-electron chi connectivity index (χ0n) is 11.7. The Kier molecular flexibility index (Phi) is 4.19. The number of amides is 2. The van der Waals surface area contributed by atoms with Crippen molar-refractivity contribution in [1.29, 1.82) is 0 Å². The molecule has 0 unspecified atom stereocenters. The molecule has 7 heteroatoms. The molecule has 0 atom stereocenters. The molecule has 0 fully saturated rings. The highest BCUT2D eigenvalue weighted by Gasteiger charge is 2.19. The summed E-state index contributed by atoms with van der Waals surface area (Å²) < 4.78 is 0. The lowest BCUT2D eigenvalue weighted by Crippen LogP contribution is -2.55. The third-order valence-corrected chi connectivity index (χ3v) is 3.12. The van der Waals surface area contributed by atoms with E-state index in [2.05, 4.69) is 21.3 Å². The highest BCUT2D eigenvalue weighted by Crippen LogP contribution is 2.19. The summed E-state index contributed by atoms with van der Waals surface area (Å²) in [5, 5.41) is 8.72. The summed E-state index contributed by atoms with van der Waals surface area (Å²) in [4.78, 5) is 11.6. The normalized spacial score (nSPS) is 14.4. The number of para-hydroxylation sites is 1. The molecule has 20 heavy (non-hydrogen) atoms. The molecule has 106 valence electrons. The summed E-state index contributed by atoms with van der Waals surface area (Å²) in [5.41, 5.74) is 9.20. The Hall–Kier alpha value is -2.15. The number of hydrogen-bond donors (Lipinski definition) is 3.